The monoisotopic (exact) mass is 389 g/mol. The molecule has 1 heterocycles. The number of phenolic OH excluding ortho intramolecular Hbond substituents is 1. The number of aromatic hydroxyl groups is 1. The lowest BCUT2D eigenvalue weighted by Gasteiger charge is -2.17. The summed E-state index contributed by atoms with van der Waals surface area (Å²) in [5.74, 6) is -1.84. The highest BCUT2D eigenvalue weighted by molar-refractivity contribution is 6.27. The zero-order chi connectivity index (χ0) is 20.8. The molecule has 28 heavy (non-hydrogen) atoms. The van der Waals surface area contributed by atoms with E-state index in [1.807, 2.05) is 13.0 Å². The number of carbonyl (C=O) groups is 2. The maximum absolute atomic E-state index is 12.7. The lowest BCUT2D eigenvalue weighted by Crippen LogP contribution is -2.35. The van der Waals surface area contributed by atoms with Crippen molar-refractivity contribution < 1.29 is 30.0 Å². The Bertz CT molecular complexity index is 768. The van der Waals surface area contributed by atoms with Gasteiger partial charge < -0.3 is 25.7 Å². The smallest absolute Gasteiger partial charge is 0.259 e. The van der Waals surface area contributed by atoms with Crippen LogP contribution in [0, 0.1) is 11.8 Å². The Morgan fingerprint density at radius 1 is 1.18 bits per heavy atom. The van der Waals surface area contributed by atoms with Gasteiger partial charge in [0.15, 0.2) is 5.78 Å². The van der Waals surface area contributed by atoms with E-state index in [4.69, 9.17) is 5.11 Å². The number of Topliss-reactive ketones (excluding diaryl/α,β-unsaturated/α-hetero) is 1. The second-order valence-corrected chi connectivity index (χ2v) is 7.24. The van der Waals surface area contributed by atoms with Crippen LogP contribution >= 0.6 is 0 Å². The molecule has 1 aliphatic rings. The molecule has 1 fully saturated rings. The molecule has 152 valence electrons. The van der Waals surface area contributed by atoms with Gasteiger partial charge in [0.2, 0.25) is 0 Å². The molecule has 1 aromatic carbocycles. The Labute approximate surface area is 164 Å². The minimum absolute atomic E-state index is 0.0211. The van der Waals surface area contributed by atoms with Gasteiger partial charge in [-0.25, -0.2) is 0 Å². The first-order valence-electron chi connectivity index (χ1n) is 9.27. The van der Waals surface area contributed by atoms with Crippen LogP contribution in [0.4, 0.5) is 0 Å². The van der Waals surface area contributed by atoms with E-state index in [9.17, 15) is 24.9 Å². The van der Waals surface area contributed by atoms with Crippen LogP contribution in [0.15, 0.2) is 47.7 Å². The number of amides is 1. The van der Waals surface area contributed by atoms with E-state index in [2.05, 4.69) is 5.32 Å². The lowest BCUT2D eigenvalue weighted by atomic mass is 9.90. The highest BCUT2D eigenvalue weighted by Gasteiger charge is 2.43. The Balaban J connectivity index is 2.14. The van der Waals surface area contributed by atoms with Crippen LogP contribution in [0.25, 0.3) is 0 Å². The second-order valence-electron chi connectivity index (χ2n) is 7.24. The third-order valence-electron chi connectivity index (χ3n) is 4.88. The van der Waals surface area contributed by atoms with E-state index < -0.39 is 29.8 Å². The van der Waals surface area contributed by atoms with Gasteiger partial charge in [-0.05, 0) is 36.5 Å². The maximum Gasteiger partial charge on any atom is 0.259 e. The van der Waals surface area contributed by atoms with Gasteiger partial charge in [-0.1, -0.05) is 38.1 Å². The molecular formula is C21H27NO6. The summed E-state index contributed by atoms with van der Waals surface area (Å²) < 4.78 is 0. The number of hydrogen-bond donors (Lipinski definition) is 5. The van der Waals surface area contributed by atoms with Crippen molar-refractivity contribution >= 4 is 11.7 Å². The quantitative estimate of drug-likeness (QED) is 0.200. The average Bonchev–Trinajstić information content (AvgIpc) is 2.95. The fourth-order valence-corrected chi connectivity index (χ4v) is 3.34. The van der Waals surface area contributed by atoms with Crippen LogP contribution in [0.2, 0.25) is 0 Å². The molecular weight excluding hydrogens is 362 g/mol. The third kappa shape index (κ3) is 4.99. The van der Waals surface area contributed by atoms with Crippen LogP contribution in [-0.2, 0) is 9.59 Å². The molecule has 7 nitrogen and oxygen atoms in total. The van der Waals surface area contributed by atoms with Crippen molar-refractivity contribution in [1.29, 1.82) is 0 Å². The number of hydrogen-bond acceptors (Lipinski definition) is 6. The Morgan fingerprint density at radius 2 is 1.82 bits per heavy atom. The topological polar surface area (TPSA) is 127 Å². The van der Waals surface area contributed by atoms with Crippen molar-refractivity contribution in [2.75, 3.05) is 6.61 Å². The van der Waals surface area contributed by atoms with Gasteiger partial charge in [0, 0.05) is 5.92 Å². The predicted molar refractivity (Wildman–Crippen MR) is 103 cm³/mol. The number of phenols is 1. The standard InChI is InChI=1S/C21H27NO6/c1-12(5-3-4-10-23)11-13(2)18(25)16-20(27)17(22-21(16)28)19(26)14-6-8-15(24)9-7-14/h3-4,6-9,12-13,17,19,23-26H,5,10-11H2,1-2H3,(H,22,28)/t12-,13-,17-,19-/m0/s1. The molecule has 0 unspecified atom stereocenters. The molecule has 0 aromatic heterocycles. The molecule has 4 atom stereocenters. The molecule has 0 bridgehead atoms. The van der Waals surface area contributed by atoms with Crippen molar-refractivity contribution in [1.82, 2.24) is 5.32 Å². The number of ketones is 1. The van der Waals surface area contributed by atoms with Gasteiger partial charge in [-0.2, -0.15) is 0 Å². The normalized spacial score (nSPS) is 22.2. The Hall–Kier alpha value is -2.64. The summed E-state index contributed by atoms with van der Waals surface area (Å²) >= 11 is 0. The first kappa shape index (κ1) is 21.7. The molecule has 1 aromatic rings. The summed E-state index contributed by atoms with van der Waals surface area (Å²) in [6, 6.07) is 4.49. The Kier molecular flexibility index (Phi) is 7.37. The van der Waals surface area contributed by atoms with Crippen LogP contribution in [-0.4, -0.2) is 44.8 Å². The molecule has 0 saturated carbocycles. The number of allylic oxidation sites excluding steroid dienone is 2. The van der Waals surface area contributed by atoms with Crippen molar-refractivity contribution in [3.63, 3.8) is 0 Å². The minimum atomic E-state index is -1.29. The number of rotatable bonds is 8. The second kappa shape index (κ2) is 9.52. The van der Waals surface area contributed by atoms with E-state index in [-0.39, 0.29) is 29.6 Å². The predicted octanol–water partition coefficient (Wildman–Crippen LogP) is 1.91. The fourth-order valence-electron chi connectivity index (χ4n) is 3.34. The van der Waals surface area contributed by atoms with Crippen molar-refractivity contribution in [3.8, 4) is 5.75 Å². The molecule has 1 saturated heterocycles. The van der Waals surface area contributed by atoms with E-state index >= 15 is 0 Å². The molecule has 0 radical (unpaired) electrons. The van der Waals surface area contributed by atoms with Gasteiger partial charge in [-0.15, -0.1) is 0 Å². The van der Waals surface area contributed by atoms with Crippen molar-refractivity contribution in [2.45, 2.75) is 38.8 Å². The number of benzene rings is 1. The molecule has 7 heteroatoms. The molecule has 0 spiro atoms. The van der Waals surface area contributed by atoms with Crippen LogP contribution < -0.4 is 5.32 Å². The number of carbonyl (C=O) groups excluding carboxylic acids is 2. The van der Waals surface area contributed by atoms with Gasteiger partial charge in [-0.3, -0.25) is 9.59 Å². The summed E-state index contributed by atoms with van der Waals surface area (Å²) in [4.78, 5) is 25.0. The first-order chi connectivity index (χ1) is 13.3. The molecule has 5 N–H and O–H groups in total. The van der Waals surface area contributed by atoms with Crippen molar-refractivity contribution in [3.05, 3.63) is 53.3 Å². The van der Waals surface area contributed by atoms with Crippen LogP contribution in [0.5, 0.6) is 5.75 Å². The summed E-state index contributed by atoms with van der Waals surface area (Å²) in [5.41, 5.74) is 0.0583. The zero-order valence-electron chi connectivity index (χ0n) is 16.0. The average molecular weight is 389 g/mol. The van der Waals surface area contributed by atoms with Gasteiger partial charge in [0.1, 0.15) is 29.2 Å². The maximum atomic E-state index is 12.7. The van der Waals surface area contributed by atoms with E-state index in [1.54, 1.807) is 13.0 Å². The molecule has 0 aliphatic carbocycles. The van der Waals surface area contributed by atoms with Crippen molar-refractivity contribution in [2.24, 2.45) is 11.8 Å². The lowest BCUT2D eigenvalue weighted by molar-refractivity contribution is -0.118. The molecule has 1 amide bonds. The number of nitrogens with one attached hydrogen (secondary N) is 1. The van der Waals surface area contributed by atoms with E-state index in [0.717, 1.165) is 0 Å². The third-order valence-corrected chi connectivity index (χ3v) is 4.88. The first-order valence-corrected chi connectivity index (χ1v) is 9.27. The fraction of sp³-hybridized carbons (Fsp3) is 0.429. The Morgan fingerprint density at radius 3 is 2.43 bits per heavy atom. The summed E-state index contributed by atoms with van der Waals surface area (Å²) in [6.07, 6.45) is 3.45. The zero-order valence-corrected chi connectivity index (χ0v) is 16.0. The summed E-state index contributed by atoms with van der Waals surface area (Å²) in [6.45, 7) is 3.68. The van der Waals surface area contributed by atoms with Gasteiger partial charge in [0.25, 0.3) is 5.91 Å². The van der Waals surface area contributed by atoms with Crippen LogP contribution in [0.3, 0.4) is 0 Å². The van der Waals surface area contributed by atoms with Gasteiger partial charge >= 0.3 is 0 Å². The highest BCUT2D eigenvalue weighted by atomic mass is 16.3. The van der Waals surface area contributed by atoms with E-state index in [0.29, 0.717) is 18.4 Å². The molecule has 1 aliphatic heterocycles. The number of aliphatic hydroxyl groups excluding tert-OH is 3. The van der Waals surface area contributed by atoms with Gasteiger partial charge in [0.05, 0.1) is 6.61 Å². The van der Waals surface area contributed by atoms with Crippen LogP contribution in [0.1, 0.15) is 38.4 Å². The SMILES string of the molecule is C[C@@H](CC=CCO)C[C@H](C)C(O)=C1C(=O)N[C@@H]([C@@H](O)c2ccc(O)cc2)C1=O. The summed E-state index contributed by atoms with van der Waals surface area (Å²) in [7, 11) is 0. The largest absolute Gasteiger partial charge is 0.511 e. The molecule has 2 rings (SSSR count). The number of aliphatic hydroxyl groups is 3. The highest BCUT2D eigenvalue weighted by Crippen LogP contribution is 2.29. The van der Waals surface area contributed by atoms with E-state index in [1.165, 1.54) is 24.3 Å². The minimum Gasteiger partial charge on any atom is -0.511 e. The summed E-state index contributed by atoms with van der Waals surface area (Å²) in [5, 5.41) is 41.5.